The zero-order valence-corrected chi connectivity index (χ0v) is 7.05. The molecule has 11 heavy (non-hydrogen) atoms. The van der Waals surface area contributed by atoms with Crippen molar-refractivity contribution in [1.82, 2.24) is 4.90 Å². The number of nitrogens with zero attached hydrogens (tertiary/aromatic N) is 1. The molecule has 2 nitrogen and oxygen atoms in total. The van der Waals surface area contributed by atoms with Gasteiger partial charge in [0.2, 0.25) is 0 Å². The molecule has 1 atom stereocenters. The number of halogens is 1. The first kappa shape index (κ1) is 8.94. The molecule has 0 aromatic carbocycles. The van der Waals surface area contributed by atoms with Crippen LogP contribution in [0.1, 0.15) is 12.8 Å². The van der Waals surface area contributed by atoms with Crippen LogP contribution in [0.25, 0.3) is 0 Å². The fraction of sp³-hybridized carbons (Fsp3) is 1.00. The summed E-state index contributed by atoms with van der Waals surface area (Å²) in [6.45, 7) is 2.13. The Morgan fingerprint density at radius 3 is 3.09 bits per heavy atom. The van der Waals surface area contributed by atoms with Crippen LogP contribution in [0.5, 0.6) is 0 Å². The Bertz CT molecular complexity index is 98.3. The van der Waals surface area contributed by atoms with Crippen molar-refractivity contribution in [3.8, 4) is 0 Å². The minimum absolute atomic E-state index is 0.236. The van der Waals surface area contributed by atoms with Crippen LogP contribution in [0.2, 0.25) is 0 Å². The highest BCUT2D eigenvalue weighted by atomic mass is 19.1. The number of methoxy groups -OCH3 is 1. The second-order valence-electron chi connectivity index (χ2n) is 2.98. The van der Waals surface area contributed by atoms with Crippen LogP contribution < -0.4 is 0 Å². The second kappa shape index (κ2) is 4.67. The Labute approximate surface area is 67.3 Å². The lowest BCUT2D eigenvalue weighted by atomic mass is 10.2. The summed E-state index contributed by atoms with van der Waals surface area (Å²) in [4.78, 5) is 2.17. The standard InChI is InChI=1S/C8H16FNO/c1-11-7-8-3-2-5-10(8)6-4-9/h8H,2-7H2,1H3. The Morgan fingerprint density at radius 1 is 1.64 bits per heavy atom. The van der Waals surface area contributed by atoms with E-state index >= 15 is 0 Å². The van der Waals surface area contributed by atoms with E-state index in [4.69, 9.17) is 4.74 Å². The maximum Gasteiger partial charge on any atom is 0.102 e. The van der Waals surface area contributed by atoms with Crippen molar-refractivity contribution in [2.45, 2.75) is 18.9 Å². The number of ether oxygens (including phenoxy) is 1. The van der Waals surface area contributed by atoms with Gasteiger partial charge in [-0.05, 0) is 19.4 Å². The molecular formula is C8H16FNO. The molecule has 0 aromatic rings. The molecule has 1 fully saturated rings. The lowest BCUT2D eigenvalue weighted by Crippen LogP contribution is -2.34. The van der Waals surface area contributed by atoms with Crippen molar-refractivity contribution in [1.29, 1.82) is 0 Å². The van der Waals surface area contributed by atoms with Gasteiger partial charge in [0.25, 0.3) is 0 Å². The second-order valence-corrected chi connectivity index (χ2v) is 2.98. The van der Waals surface area contributed by atoms with Crippen molar-refractivity contribution >= 4 is 0 Å². The summed E-state index contributed by atoms with van der Waals surface area (Å²) in [6, 6.07) is 0.468. The molecule has 0 N–H and O–H groups in total. The van der Waals surface area contributed by atoms with Gasteiger partial charge in [0.15, 0.2) is 0 Å². The third-order valence-electron chi connectivity index (χ3n) is 2.23. The fourth-order valence-corrected chi connectivity index (χ4v) is 1.68. The molecule has 1 unspecified atom stereocenters. The highest BCUT2D eigenvalue weighted by molar-refractivity contribution is 4.78. The average molecular weight is 161 g/mol. The molecule has 1 saturated heterocycles. The largest absolute Gasteiger partial charge is 0.383 e. The molecule has 0 amide bonds. The highest BCUT2D eigenvalue weighted by Crippen LogP contribution is 2.16. The number of hydrogen-bond acceptors (Lipinski definition) is 2. The Balaban J connectivity index is 2.25. The van der Waals surface area contributed by atoms with E-state index in [1.54, 1.807) is 7.11 Å². The van der Waals surface area contributed by atoms with Gasteiger partial charge >= 0.3 is 0 Å². The van der Waals surface area contributed by atoms with Gasteiger partial charge in [-0.3, -0.25) is 4.90 Å². The highest BCUT2D eigenvalue weighted by Gasteiger charge is 2.23. The van der Waals surface area contributed by atoms with Crippen LogP contribution in [-0.2, 0) is 4.74 Å². The summed E-state index contributed by atoms with van der Waals surface area (Å²) < 4.78 is 17.0. The van der Waals surface area contributed by atoms with Crippen molar-refractivity contribution in [3.63, 3.8) is 0 Å². The Hall–Kier alpha value is -0.150. The molecule has 3 heteroatoms. The van der Waals surface area contributed by atoms with E-state index in [1.807, 2.05) is 0 Å². The van der Waals surface area contributed by atoms with Gasteiger partial charge in [0.05, 0.1) is 6.61 Å². The molecule has 1 rings (SSSR count). The predicted molar refractivity (Wildman–Crippen MR) is 42.4 cm³/mol. The lowest BCUT2D eigenvalue weighted by molar-refractivity contribution is 0.111. The van der Waals surface area contributed by atoms with Crippen molar-refractivity contribution < 1.29 is 9.13 Å². The van der Waals surface area contributed by atoms with Crippen LogP contribution in [-0.4, -0.2) is 44.4 Å². The maximum atomic E-state index is 12.0. The molecule has 66 valence electrons. The van der Waals surface area contributed by atoms with Crippen LogP contribution in [0.4, 0.5) is 4.39 Å². The molecule has 1 heterocycles. The van der Waals surface area contributed by atoms with E-state index in [1.165, 1.54) is 6.42 Å². The minimum Gasteiger partial charge on any atom is -0.383 e. The maximum absolute atomic E-state index is 12.0. The van der Waals surface area contributed by atoms with Gasteiger partial charge in [0, 0.05) is 19.7 Å². The number of hydrogen-bond donors (Lipinski definition) is 0. The topological polar surface area (TPSA) is 12.5 Å². The first-order valence-corrected chi connectivity index (χ1v) is 4.17. The monoisotopic (exact) mass is 161 g/mol. The van der Waals surface area contributed by atoms with E-state index < -0.39 is 0 Å². The van der Waals surface area contributed by atoms with Gasteiger partial charge in [-0.1, -0.05) is 0 Å². The molecule has 0 aromatic heterocycles. The van der Waals surface area contributed by atoms with Crippen molar-refractivity contribution in [3.05, 3.63) is 0 Å². The summed E-state index contributed by atoms with van der Waals surface area (Å²) in [7, 11) is 1.70. The van der Waals surface area contributed by atoms with E-state index in [2.05, 4.69) is 4.90 Å². The quantitative estimate of drug-likeness (QED) is 0.611. The van der Waals surface area contributed by atoms with Gasteiger partial charge in [-0.2, -0.15) is 0 Å². The summed E-state index contributed by atoms with van der Waals surface area (Å²) in [6.07, 6.45) is 2.35. The van der Waals surface area contributed by atoms with Crippen molar-refractivity contribution in [2.24, 2.45) is 0 Å². The van der Waals surface area contributed by atoms with E-state index in [0.717, 1.165) is 19.6 Å². The molecule has 1 aliphatic rings. The molecule has 0 bridgehead atoms. The predicted octanol–water partition coefficient (Wildman–Crippen LogP) is 1.07. The lowest BCUT2D eigenvalue weighted by Gasteiger charge is -2.21. The number of rotatable bonds is 4. The van der Waals surface area contributed by atoms with Gasteiger partial charge in [-0.15, -0.1) is 0 Å². The Morgan fingerprint density at radius 2 is 2.45 bits per heavy atom. The molecule has 1 aliphatic heterocycles. The number of likely N-dealkylation sites (tertiary alicyclic amines) is 1. The van der Waals surface area contributed by atoms with E-state index in [-0.39, 0.29) is 6.67 Å². The summed E-state index contributed by atoms with van der Waals surface area (Å²) >= 11 is 0. The summed E-state index contributed by atoms with van der Waals surface area (Å²) in [5.74, 6) is 0. The van der Waals surface area contributed by atoms with Crippen LogP contribution in [0.15, 0.2) is 0 Å². The van der Waals surface area contributed by atoms with E-state index in [9.17, 15) is 4.39 Å². The average Bonchev–Trinajstić information content (AvgIpc) is 2.39. The summed E-state index contributed by atoms with van der Waals surface area (Å²) in [5, 5.41) is 0. The normalized spacial score (nSPS) is 26.2. The fourth-order valence-electron chi connectivity index (χ4n) is 1.68. The van der Waals surface area contributed by atoms with Gasteiger partial charge < -0.3 is 4.74 Å². The molecule has 0 spiro atoms. The van der Waals surface area contributed by atoms with Gasteiger partial charge in [0.1, 0.15) is 6.67 Å². The van der Waals surface area contributed by atoms with E-state index in [0.29, 0.717) is 12.6 Å². The smallest absolute Gasteiger partial charge is 0.102 e. The third-order valence-corrected chi connectivity index (χ3v) is 2.23. The molecule has 0 aliphatic carbocycles. The van der Waals surface area contributed by atoms with Crippen LogP contribution in [0.3, 0.4) is 0 Å². The van der Waals surface area contributed by atoms with Gasteiger partial charge in [-0.25, -0.2) is 4.39 Å². The SMILES string of the molecule is COCC1CCCN1CCF. The minimum atomic E-state index is -0.236. The number of alkyl halides is 1. The summed E-state index contributed by atoms with van der Waals surface area (Å²) in [5.41, 5.74) is 0. The Kier molecular flexibility index (Phi) is 3.80. The third kappa shape index (κ3) is 2.42. The first-order valence-electron chi connectivity index (χ1n) is 4.17. The molecule has 0 saturated carbocycles. The zero-order chi connectivity index (χ0) is 8.10. The zero-order valence-electron chi connectivity index (χ0n) is 7.05. The van der Waals surface area contributed by atoms with Crippen LogP contribution >= 0.6 is 0 Å². The first-order chi connectivity index (χ1) is 5.38. The molecular weight excluding hydrogens is 145 g/mol. The molecule has 0 radical (unpaired) electrons. The van der Waals surface area contributed by atoms with Crippen LogP contribution in [0, 0.1) is 0 Å². The van der Waals surface area contributed by atoms with Crippen molar-refractivity contribution in [2.75, 3.05) is 33.5 Å².